The van der Waals surface area contributed by atoms with Gasteiger partial charge in [0.25, 0.3) is 0 Å². The first-order valence-corrected chi connectivity index (χ1v) is 6.05. The summed E-state index contributed by atoms with van der Waals surface area (Å²) in [5.74, 6) is 1.79. The van der Waals surface area contributed by atoms with E-state index in [-0.39, 0.29) is 0 Å². The van der Waals surface area contributed by atoms with Crippen molar-refractivity contribution >= 4 is 5.95 Å². The molecule has 0 saturated heterocycles. The molecule has 3 rings (SSSR count). The maximum absolute atomic E-state index is 5.08. The van der Waals surface area contributed by atoms with E-state index in [1.54, 1.807) is 19.4 Å². The molecule has 2 aromatic rings. The SMILES string of the molecule is COc1ccnc(NC2CC2c2ccccc2)n1. The normalized spacial score (nSPS) is 21.4. The number of ether oxygens (including phenoxy) is 1. The maximum Gasteiger partial charge on any atom is 0.226 e. The molecule has 0 radical (unpaired) electrons. The van der Waals surface area contributed by atoms with Gasteiger partial charge in [0.15, 0.2) is 0 Å². The zero-order chi connectivity index (χ0) is 12.4. The third-order valence-electron chi connectivity index (χ3n) is 3.17. The number of hydrogen-bond donors (Lipinski definition) is 1. The van der Waals surface area contributed by atoms with Gasteiger partial charge in [0.05, 0.1) is 7.11 Å². The number of nitrogens with zero attached hydrogens (tertiary/aromatic N) is 2. The number of hydrogen-bond acceptors (Lipinski definition) is 4. The van der Waals surface area contributed by atoms with Crippen LogP contribution in [-0.4, -0.2) is 23.1 Å². The topological polar surface area (TPSA) is 47.0 Å². The fraction of sp³-hybridized carbons (Fsp3) is 0.286. The van der Waals surface area contributed by atoms with Crippen molar-refractivity contribution in [3.8, 4) is 5.88 Å². The molecule has 1 heterocycles. The molecule has 0 aliphatic heterocycles. The monoisotopic (exact) mass is 241 g/mol. The van der Waals surface area contributed by atoms with Crippen LogP contribution in [-0.2, 0) is 0 Å². The van der Waals surface area contributed by atoms with Crippen molar-refractivity contribution < 1.29 is 4.74 Å². The summed E-state index contributed by atoms with van der Waals surface area (Å²) in [6.07, 6.45) is 2.83. The van der Waals surface area contributed by atoms with Gasteiger partial charge in [-0.3, -0.25) is 0 Å². The molecule has 0 spiro atoms. The van der Waals surface area contributed by atoms with E-state index in [2.05, 4.69) is 39.6 Å². The molecule has 92 valence electrons. The second kappa shape index (κ2) is 4.64. The fourth-order valence-corrected chi connectivity index (χ4v) is 2.11. The molecule has 4 heteroatoms. The van der Waals surface area contributed by atoms with Crippen molar-refractivity contribution in [1.29, 1.82) is 0 Å². The number of benzene rings is 1. The molecule has 0 amide bonds. The molecular weight excluding hydrogens is 226 g/mol. The Labute approximate surface area is 106 Å². The highest BCUT2D eigenvalue weighted by Crippen LogP contribution is 2.42. The summed E-state index contributed by atoms with van der Waals surface area (Å²) in [5, 5.41) is 3.34. The van der Waals surface area contributed by atoms with Gasteiger partial charge in [-0.2, -0.15) is 4.98 Å². The third kappa shape index (κ3) is 2.27. The van der Waals surface area contributed by atoms with Gasteiger partial charge in [0.2, 0.25) is 11.8 Å². The maximum atomic E-state index is 5.08. The van der Waals surface area contributed by atoms with Gasteiger partial charge in [-0.25, -0.2) is 4.98 Å². The second-order valence-corrected chi connectivity index (χ2v) is 4.43. The zero-order valence-corrected chi connectivity index (χ0v) is 10.2. The molecule has 2 atom stereocenters. The van der Waals surface area contributed by atoms with E-state index >= 15 is 0 Å². The van der Waals surface area contributed by atoms with Crippen LogP contribution in [0.25, 0.3) is 0 Å². The van der Waals surface area contributed by atoms with E-state index in [4.69, 9.17) is 4.74 Å². The highest BCUT2D eigenvalue weighted by atomic mass is 16.5. The predicted molar refractivity (Wildman–Crippen MR) is 69.8 cm³/mol. The van der Waals surface area contributed by atoms with E-state index in [1.807, 2.05) is 6.07 Å². The summed E-state index contributed by atoms with van der Waals surface area (Å²) in [5.41, 5.74) is 1.37. The Morgan fingerprint density at radius 3 is 2.83 bits per heavy atom. The first kappa shape index (κ1) is 11.0. The highest BCUT2D eigenvalue weighted by Gasteiger charge is 2.38. The minimum Gasteiger partial charge on any atom is -0.481 e. The Morgan fingerprint density at radius 1 is 1.22 bits per heavy atom. The zero-order valence-electron chi connectivity index (χ0n) is 10.2. The molecule has 1 N–H and O–H groups in total. The van der Waals surface area contributed by atoms with Crippen LogP contribution in [0.15, 0.2) is 42.6 Å². The van der Waals surface area contributed by atoms with Crippen molar-refractivity contribution in [3.63, 3.8) is 0 Å². The third-order valence-corrected chi connectivity index (χ3v) is 3.17. The van der Waals surface area contributed by atoms with Crippen LogP contribution in [0.1, 0.15) is 17.9 Å². The summed E-state index contributed by atoms with van der Waals surface area (Å²) in [7, 11) is 1.61. The first-order valence-electron chi connectivity index (χ1n) is 6.05. The molecule has 18 heavy (non-hydrogen) atoms. The standard InChI is InChI=1S/C14H15N3O/c1-18-13-7-8-15-14(17-13)16-12-9-11(12)10-5-3-2-4-6-10/h2-8,11-12H,9H2,1H3,(H,15,16,17). The minimum atomic E-state index is 0.430. The number of rotatable bonds is 4. The lowest BCUT2D eigenvalue weighted by molar-refractivity contribution is 0.397. The van der Waals surface area contributed by atoms with Crippen molar-refractivity contribution in [1.82, 2.24) is 9.97 Å². The van der Waals surface area contributed by atoms with Crippen LogP contribution in [0.4, 0.5) is 5.95 Å². The Morgan fingerprint density at radius 2 is 2.06 bits per heavy atom. The Kier molecular flexibility index (Phi) is 2.84. The largest absolute Gasteiger partial charge is 0.481 e. The first-order chi connectivity index (χ1) is 8.86. The number of methoxy groups -OCH3 is 1. The summed E-state index contributed by atoms with van der Waals surface area (Å²) < 4.78 is 5.08. The molecule has 1 aliphatic rings. The van der Waals surface area contributed by atoms with Crippen molar-refractivity contribution in [3.05, 3.63) is 48.2 Å². The number of anilines is 1. The molecule has 4 nitrogen and oxygen atoms in total. The van der Waals surface area contributed by atoms with Gasteiger partial charge in [-0.05, 0) is 12.0 Å². The van der Waals surface area contributed by atoms with Crippen LogP contribution < -0.4 is 10.1 Å². The van der Waals surface area contributed by atoms with Crippen LogP contribution in [0.5, 0.6) is 5.88 Å². The van der Waals surface area contributed by atoms with Gasteiger partial charge in [0.1, 0.15) is 0 Å². The van der Waals surface area contributed by atoms with Crippen molar-refractivity contribution in [2.45, 2.75) is 18.4 Å². The van der Waals surface area contributed by atoms with Gasteiger partial charge >= 0.3 is 0 Å². The average Bonchev–Trinajstić information content (AvgIpc) is 3.19. The van der Waals surface area contributed by atoms with E-state index in [0.29, 0.717) is 23.8 Å². The molecule has 0 bridgehead atoms. The van der Waals surface area contributed by atoms with Crippen LogP contribution in [0, 0.1) is 0 Å². The highest BCUT2D eigenvalue weighted by molar-refractivity contribution is 5.37. The summed E-state index contributed by atoms with van der Waals surface area (Å²) in [6, 6.07) is 12.7. The van der Waals surface area contributed by atoms with Gasteiger partial charge in [0, 0.05) is 24.2 Å². The summed E-state index contributed by atoms with van der Waals surface area (Å²) >= 11 is 0. The predicted octanol–water partition coefficient (Wildman–Crippen LogP) is 2.45. The average molecular weight is 241 g/mol. The second-order valence-electron chi connectivity index (χ2n) is 4.43. The molecule has 1 aromatic carbocycles. The smallest absolute Gasteiger partial charge is 0.226 e. The molecule has 1 saturated carbocycles. The Bertz CT molecular complexity index is 530. The fourth-order valence-electron chi connectivity index (χ4n) is 2.11. The van der Waals surface area contributed by atoms with E-state index < -0.39 is 0 Å². The Hall–Kier alpha value is -2.10. The van der Waals surface area contributed by atoms with Crippen molar-refractivity contribution in [2.75, 3.05) is 12.4 Å². The van der Waals surface area contributed by atoms with E-state index in [0.717, 1.165) is 6.42 Å². The van der Waals surface area contributed by atoms with Crippen LogP contribution in [0.3, 0.4) is 0 Å². The van der Waals surface area contributed by atoms with Crippen LogP contribution in [0.2, 0.25) is 0 Å². The van der Waals surface area contributed by atoms with Crippen molar-refractivity contribution in [2.24, 2.45) is 0 Å². The quantitative estimate of drug-likeness (QED) is 0.893. The lowest BCUT2D eigenvalue weighted by Gasteiger charge is -2.05. The van der Waals surface area contributed by atoms with E-state index in [9.17, 15) is 0 Å². The summed E-state index contributed by atoms with van der Waals surface area (Å²) in [4.78, 5) is 8.45. The molecule has 1 fully saturated rings. The lowest BCUT2D eigenvalue weighted by atomic mass is 10.1. The Balaban J connectivity index is 1.65. The number of nitrogens with one attached hydrogen (secondary N) is 1. The summed E-state index contributed by atoms with van der Waals surface area (Å²) in [6.45, 7) is 0. The molecule has 2 unspecified atom stereocenters. The number of aromatic nitrogens is 2. The van der Waals surface area contributed by atoms with Gasteiger partial charge in [-0.1, -0.05) is 30.3 Å². The van der Waals surface area contributed by atoms with Gasteiger partial charge in [-0.15, -0.1) is 0 Å². The van der Waals surface area contributed by atoms with Gasteiger partial charge < -0.3 is 10.1 Å². The van der Waals surface area contributed by atoms with Crippen LogP contribution >= 0.6 is 0 Å². The molecule has 1 aromatic heterocycles. The van der Waals surface area contributed by atoms with E-state index in [1.165, 1.54) is 5.56 Å². The molecular formula is C14H15N3O. The minimum absolute atomic E-state index is 0.430. The molecule has 1 aliphatic carbocycles. The lowest BCUT2D eigenvalue weighted by Crippen LogP contribution is -2.07.